The van der Waals surface area contributed by atoms with Crippen LogP contribution in [0.2, 0.25) is 0 Å². The van der Waals surface area contributed by atoms with E-state index >= 15 is 0 Å². The first-order chi connectivity index (χ1) is 9.11. The van der Waals surface area contributed by atoms with Gasteiger partial charge in [0.15, 0.2) is 0 Å². The van der Waals surface area contributed by atoms with E-state index in [-0.39, 0.29) is 5.54 Å². The molecule has 0 bridgehead atoms. The van der Waals surface area contributed by atoms with Crippen LogP contribution in [0.25, 0.3) is 0 Å². The Morgan fingerprint density at radius 2 is 1.95 bits per heavy atom. The second-order valence-corrected chi connectivity index (χ2v) is 7.21. The zero-order valence-electron chi connectivity index (χ0n) is 12.9. The molecule has 0 saturated heterocycles. The predicted molar refractivity (Wildman–Crippen MR) is 83.8 cm³/mol. The van der Waals surface area contributed by atoms with Gasteiger partial charge in [0.25, 0.3) is 0 Å². The summed E-state index contributed by atoms with van der Waals surface area (Å²) in [4.78, 5) is 6.23. The highest BCUT2D eigenvalue weighted by atomic mass is 32.1. The summed E-state index contributed by atoms with van der Waals surface area (Å²) < 4.78 is 0. The topological polar surface area (TPSA) is 24.9 Å². The van der Waals surface area contributed by atoms with Crippen molar-refractivity contribution >= 4 is 11.3 Å². The summed E-state index contributed by atoms with van der Waals surface area (Å²) >= 11 is 1.90. The van der Waals surface area contributed by atoms with Crippen LogP contribution in [0.1, 0.15) is 68.0 Å². The van der Waals surface area contributed by atoms with Crippen molar-refractivity contribution in [2.75, 3.05) is 6.54 Å². The Morgan fingerprint density at radius 3 is 2.42 bits per heavy atom. The van der Waals surface area contributed by atoms with Gasteiger partial charge in [-0.05, 0) is 52.0 Å². The molecule has 0 aliphatic heterocycles. The first-order valence-electron chi connectivity index (χ1n) is 7.81. The molecule has 2 nitrogen and oxygen atoms in total. The fourth-order valence-electron chi connectivity index (χ4n) is 3.35. The number of nitrogens with zero attached hydrogens (tertiary/aromatic N) is 1. The first-order valence-corrected chi connectivity index (χ1v) is 8.62. The summed E-state index contributed by atoms with van der Waals surface area (Å²) in [5.41, 5.74) is 1.39. The molecule has 1 fully saturated rings. The summed E-state index contributed by atoms with van der Waals surface area (Å²) in [6.45, 7) is 9.89. The molecule has 19 heavy (non-hydrogen) atoms. The van der Waals surface area contributed by atoms with Crippen molar-refractivity contribution < 1.29 is 0 Å². The number of hydrogen-bond acceptors (Lipinski definition) is 3. The van der Waals surface area contributed by atoms with Crippen LogP contribution in [-0.2, 0) is 5.54 Å². The van der Waals surface area contributed by atoms with Gasteiger partial charge in [-0.25, -0.2) is 4.98 Å². The van der Waals surface area contributed by atoms with Gasteiger partial charge in [-0.1, -0.05) is 26.7 Å². The summed E-state index contributed by atoms with van der Waals surface area (Å²) in [5, 5.41) is 5.10. The smallest absolute Gasteiger partial charge is 0.113 e. The minimum absolute atomic E-state index is 0.169. The highest BCUT2D eigenvalue weighted by molar-refractivity contribution is 7.11. The van der Waals surface area contributed by atoms with Crippen LogP contribution in [0.15, 0.2) is 0 Å². The minimum atomic E-state index is 0.169. The third-order valence-corrected chi connectivity index (χ3v) is 5.89. The fraction of sp³-hybridized carbons (Fsp3) is 0.812. The Hall–Kier alpha value is -0.410. The van der Waals surface area contributed by atoms with Crippen molar-refractivity contribution in [2.24, 2.45) is 5.92 Å². The normalized spacial score (nSPS) is 27.7. The van der Waals surface area contributed by atoms with Crippen LogP contribution in [-0.4, -0.2) is 11.5 Å². The average molecular weight is 280 g/mol. The van der Waals surface area contributed by atoms with Gasteiger partial charge < -0.3 is 5.32 Å². The van der Waals surface area contributed by atoms with Gasteiger partial charge in [0.05, 0.1) is 11.2 Å². The molecule has 0 unspecified atom stereocenters. The van der Waals surface area contributed by atoms with Crippen molar-refractivity contribution in [1.29, 1.82) is 0 Å². The SMILES string of the molecule is CCCC1CCC(NCC)(c2nc(C)c(C)s2)CC1. The molecule has 3 heteroatoms. The molecule has 1 aromatic heterocycles. The van der Waals surface area contributed by atoms with Gasteiger partial charge in [-0.15, -0.1) is 11.3 Å². The minimum Gasteiger partial charge on any atom is -0.306 e. The van der Waals surface area contributed by atoms with Crippen molar-refractivity contribution in [2.45, 2.75) is 71.8 Å². The maximum atomic E-state index is 4.85. The second kappa shape index (κ2) is 6.36. The highest BCUT2D eigenvalue weighted by Gasteiger charge is 2.38. The molecule has 2 rings (SSSR count). The number of nitrogens with one attached hydrogen (secondary N) is 1. The van der Waals surface area contributed by atoms with E-state index in [1.54, 1.807) is 0 Å². The maximum absolute atomic E-state index is 4.85. The number of thiazole rings is 1. The van der Waals surface area contributed by atoms with Crippen LogP contribution in [0.5, 0.6) is 0 Å². The molecule has 0 radical (unpaired) electrons. The Bertz CT molecular complexity index is 383. The Labute approximate surface area is 122 Å². The standard InChI is InChI=1S/C16H28N2S/c1-5-7-14-8-10-16(11-9-14,17-6-2)15-18-12(3)13(4)19-15/h14,17H,5-11H2,1-4H3. The maximum Gasteiger partial charge on any atom is 0.113 e. The lowest BCUT2D eigenvalue weighted by molar-refractivity contribution is 0.184. The van der Waals surface area contributed by atoms with Crippen LogP contribution in [0.4, 0.5) is 0 Å². The highest BCUT2D eigenvalue weighted by Crippen LogP contribution is 2.42. The summed E-state index contributed by atoms with van der Waals surface area (Å²) in [6, 6.07) is 0. The van der Waals surface area contributed by atoms with E-state index in [2.05, 4.69) is 33.0 Å². The largest absolute Gasteiger partial charge is 0.306 e. The van der Waals surface area contributed by atoms with Crippen LogP contribution < -0.4 is 5.32 Å². The van der Waals surface area contributed by atoms with Gasteiger partial charge >= 0.3 is 0 Å². The Kier molecular flexibility index (Phi) is 5.02. The molecular weight excluding hydrogens is 252 g/mol. The number of aryl methyl sites for hydroxylation is 2. The van der Waals surface area contributed by atoms with Crippen LogP contribution >= 0.6 is 11.3 Å². The van der Waals surface area contributed by atoms with E-state index in [1.165, 1.54) is 54.1 Å². The van der Waals surface area contributed by atoms with Crippen molar-refractivity contribution in [1.82, 2.24) is 10.3 Å². The molecule has 0 atom stereocenters. The van der Waals surface area contributed by atoms with Gasteiger partial charge in [0, 0.05) is 4.88 Å². The number of aromatic nitrogens is 1. The molecule has 1 aromatic rings. The van der Waals surface area contributed by atoms with E-state index < -0.39 is 0 Å². The van der Waals surface area contributed by atoms with Gasteiger partial charge in [-0.2, -0.15) is 0 Å². The van der Waals surface area contributed by atoms with Gasteiger partial charge in [0.1, 0.15) is 5.01 Å². The average Bonchev–Trinajstić information content (AvgIpc) is 2.73. The van der Waals surface area contributed by atoms with Crippen molar-refractivity contribution in [3.63, 3.8) is 0 Å². The molecule has 1 saturated carbocycles. The molecule has 0 amide bonds. The van der Waals surface area contributed by atoms with E-state index in [0.717, 1.165) is 12.5 Å². The Balaban J connectivity index is 2.15. The predicted octanol–water partition coefficient (Wildman–Crippen LogP) is 4.56. The Morgan fingerprint density at radius 1 is 1.26 bits per heavy atom. The number of hydrogen-bond donors (Lipinski definition) is 1. The number of rotatable bonds is 5. The molecule has 1 N–H and O–H groups in total. The third-order valence-electron chi connectivity index (χ3n) is 4.61. The van der Waals surface area contributed by atoms with E-state index in [4.69, 9.17) is 4.98 Å². The van der Waals surface area contributed by atoms with Crippen molar-refractivity contribution in [3.8, 4) is 0 Å². The first kappa shape index (κ1) is 15.0. The monoisotopic (exact) mass is 280 g/mol. The van der Waals surface area contributed by atoms with Crippen LogP contribution in [0, 0.1) is 19.8 Å². The molecular formula is C16H28N2S. The quantitative estimate of drug-likeness (QED) is 0.855. The van der Waals surface area contributed by atoms with E-state index in [0.29, 0.717) is 0 Å². The molecule has 0 aromatic carbocycles. The van der Waals surface area contributed by atoms with E-state index in [9.17, 15) is 0 Å². The van der Waals surface area contributed by atoms with Crippen LogP contribution in [0.3, 0.4) is 0 Å². The molecule has 1 aliphatic carbocycles. The fourth-order valence-corrected chi connectivity index (χ4v) is 4.49. The second-order valence-electron chi connectivity index (χ2n) is 6.01. The summed E-state index contributed by atoms with van der Waals surface area (Å²) in [6.07, 6.45) is 7.97. The van der Waals surface area contributed by atoms with Crippen molar-refractivity contribution in [3.05, 3.63) is 15.6 Å². The van der Waals surface area contributed by atoms with Gasteiger partial charge in [0.2, 0.25) is 0 Å². The zero-order valence-corrected chi connectivity index (χ0v) is 13.7. The molecule has 108 valence electrons. The molecule has 1 heterocycles. The van der Waals surface area contributed by atoms with Gasteiger partial charge in [-0.3, -0.25) is 0 Å². The zero-order chi connectivity index (χ0) is 13.9. The summed E-state index contributed by atoms with van der Waals surface area (Å²) in [5.74, 6) is 0.943. The lowest BCUT2D eigenvalue weighted by Gasteiger charge is -2.39. The molecule has 0 spiro atoms. The molecule has 1 aliphatic rings. The summed E-state index contributed by atoms with van der Waals surface area (Å²) in [7, 11) is 0. The third kappa shape index (κ3) is 3.19. The van der Waals surface area contributed by atoms with E-state index in [1.807, 2.05) is 11.3 Å². The lowest BCUT2D eigenvalue weighted by Crippen LogP contribution is -2.45. The lowest BCUT2D eigenvalue weighted by atomic mass is 9.75.